The summed E-state index contributed by atoms with van der Waals surface area (Å²) in [5, 5.41) is 24.0. The molecule has 2 heterocycles. The van der Waals surface area contributed by atoms with Crippen LogP contribution in [0.15, 0.2) is 24.4 Å². The van der Waals surface area contributed by atoms with Crippen molar-refractivity contribution in [3.63, 3.8) is 0 Å². The number of fused-ring (bicyclic) bond motifs is 3. The van der Waals surface area contributed by atoms with E-state index in [1.165, 1.54) is 6.20 Å². The van der Waals surface area contributed by atoms with Crippen molar-refractivity contribution in [1.29, 1.82) is 0 Å². The molecular formula is C18H22ClN3O2. The van der Waals surface area contributed by atoms with Crippen molar-refractivity contribution in [1.82, 2.24) is 9.55 Å². The van der Waals surface area contributed by atoms with Gasteiger partial charge >= 0.3 is 0 Å². The van der Waals surface area contributed by atoms with E-state index in [2.05, 4.69) is 11.9 Å². The third-order valence-corrected chi connectivity index (χ3v) is 4.30. The van der Waals surface area contributed by atoms with E-state index >= 15 is 0 Å². The van der Waals surface area contributed by atoms with Crippen molar-refractivity contribution >= 4 is 33.5 Å². The van der Waals surface area contributed by atoms with Crippen molar-refractivity contribution in [3.8, 4) is 0 Å². The molecule has 0 spiro atoms. The summed E-state index contributed by atoms with van der Waals surface area (Å²) in [6.07, 6.45) is 4.37. The number of halogens is 1. The zero-order valence-electron chi connectivity index (χ0n) is 14.2. The summed E-state index contributed by atoms with van der Waals surface area (Å²) in [4.78, 5) is 4.67. The summed E-state index contributed by atoms with van der Waals surface area (Å²) in [6, 6.07) is 5.29. The van der Waals surface area contributed by atoms with Crippen molar-refractivity contribution in [2.75, 3.05) is 0 Å². The minimum Gasteiger partial charge on any atom is -0.618 e. The highest BCUT2D eigenvalue weighted by Crippen LogP contribution is 2.28. The van der Waals surface area contributed by atoms with Crippen LogP contribution in [0.2, 0.25) is 5.02 Å². The molecule has 5 nitrogen and oxygen atoms in total. The van der Waals surface area contributed by atoms with E-state index in [4.69, 9.17) is 11.6 Å². The van der Waals surface area contributed by atoms with Crippen LogP contribution in [0.3, 0.4) is 0 Å². The summed E-state index contributed by atoms with van der Waals surface area (Å²) in [5.41, 5.74) is 1.16. The van der Waals surface area contributed by atoms with E-state index in [9.17, 15) is 10.3 Å². The minimum atomic E-state index is -0.878. The van der Waals surface area contributed by atoms with Crippen molar-refractivity contribution in [2.45, 2.75) is 52.2 Å². The third kappa shape index (κ3) is 3.19. The molecule has 6 heteroatoms. The molecule has 0 fully saturated rings. The number of aromatic nitrogens is 3. The fraction of sp³-hybridized carbons (Fsp3) is 0.444. The quantitative estimate of drug-likeness (QED) is 0.566. The Morgan fingerprint density at radius 2 is 2.12 bits per heavy atom. The molecule has 0 saturated carbocycles. The van der Waals surface area contributed by atoms with Crippen LogP contribution in [0.4, 0.5) is 0 Å². The number of hydrogen-bond donors (Lipinski definition) is 1. The predicted molar refractivity (Wildman–Crippen MR) is 96.1 cm³/mol. The zero-order chi connectivity index (χ0) is 17.5. The largest absolute Gasteiger partial charge is 0.618 e. The van der Waals surface area contributed by atoms with Crippen molar-refractivity contribution < 1.29 is 9.84 Å². The number of aryl methyl sites for hydroxylation is 1. The number of rotatable bonds is 5. The summed E-state index contributed by atoms with van der Waals surface area (Å²) in [7, 11) is 0. The molecule has 1 N–H and O–H groups in total. The van der Waals surface area contributed by atoms with Crippen molar-refractivity contribution in [3.05, 3.63) is 40.5 Å². The van der Waals surface area contributed by atoms with Gasteiger partial charge in [-0.3, -0.25) is 0 Å². The molecule has 0 radical (unpaired) electrons. The van der Waals surface area contributed by atoms with Crippen LogP contribution in [0.1, 0.15) is 39.4 Å². The van der Waals surface area contributed by atoms with Crippen LogP contribution < -0.4 is 4.73 Å². The number of hydrogen-bond acceptors (Lipinski definition) is 3. The average Bonchev–Trinajstić information content (AvgIpc) is 2.81. The van der Waals surface area contributed by atoms with Gasteiger partial charge in [0.1, 0.15) is 5.82 Å². The Kier molecular flexibility index (Phi) is 4.40. The molecule has 128 valence electrons. The molecule has 0 unspecified atom stereocenters. The Bertz CT molecular complexity index is 897. The van der Waals surface area contributed by atoms with E-state index in [1.807, 2.05) is 10.6 Å². The van der Waals surface area contributed by atoms with Gasteiger partial charge < -0.3 is 14.9 Å². The van der Waals surface area contributed by atoms with E-state index in [1.54, 1.807) is 26.0 Å². The van der Waals surface area contributed by atoms with Gasteiger partial charge in [-0.05, 0) is 32.4 Å². The molecule has 0 bridgehead atoms. The molecule has 0 amide bonds. The number of pyridine rings is 1. The number of aliphatic hydroxyl groups is 1. The van der Waals surface area contributed by atoms with Gasteiger partial charge in [-0.2, -0.15) is 4.73 Å². The Balaban J connectivity index is 2.33. The minimum absolute atomic E-state index is 0.420. The SMILES string of the molecule is CCCCc1nc2c[n+]([O-])c3cc(Cl)ccc3c2n1CC(C)(C)O. The van der Waals surface area contributed by atoms with Crippen LogP contribution in [0, 0.1) is 5.21 Å². The molecule has 1 aromatic carbocycles. The fourth-order valence-electron chi connectivity index (χ4n) is 3.04. The zero-order valence-corrected chi connectivity index (χ0v) is 15.0. The second-order valence-electron chi connectivity index (χ2n) is 6.88. The summed E-state index contributed by atoms with van der Waals surface area (Å²) >= 11 is 6.05. The molecule has 2 aromatic heterocycles. The molecule has 0 atom stereocenters. The van der Waals surface area contributed by atoms with Crippen LogP contribution in [0.25, 0.3) is 21.9 Å². The molecule has 24 heavy (non-hydrogen) atoms. The van der Waals surface area contributed by atoms with Gasteiger partial charge in [0.05, 0.1) is 23.0 Å². The van der Waals surface area contributed by atoms with Gasteiger partial charge in [0.2, 0.25) is 11.7 Å². The number of imidazole rings is 1. The van der Waals surface area contributed by atoms with Crippen LogP contribution in [0.5, 0.6) is 0 Å². The average molecular weight is 348 g/mol. The van der Waals surface area contributed by atoms with Crippen molar-refractivity contribution in [2.24, 2.45) is 0 Å². The highest BCUT2D eigenvalue weighted by Gasteiger charge is 2.23. The van der Waals surface area contributed by atoms with Gasteiger partial charge in [0, 0.05) is 17.5 Å². The highest BCUT2D eigenvalue weighted by molar-refractivity contribution is 6.31. The van der Waals surface area contributed by atoms with Gasteiger partial charge in [0.15, 0.2) is 5.52 Å². The molecular weight excluding hydrogens is 326 g/mol. The first-order valence-corrected chi connectivity index (χ1v) is 8.61. The first-order chi connectivity index (χ1) is 11.3. The lowest BCUT2D eigenvalue weighted by Gasteiger charge is -2.20. The molecule has 0 aliphatic heterocycles. The molecule has 3 aromatic rings. The number of benzene rings is 1. The smallest absolute Gasteiger partial charge is 0.227 e. The first kappa shape index (κ1) is 17.0. The van der Waals surface area contributed by atoms with Crippen LogP contribution in [-0.2, 0) is 13.0 Å². The molecule has 0 aliphatic carbocycles. The van der Waals surface area contributed by atoms with E-state index < -0.39 is 5.60 Å². The molecule has 3 rings (SSSR count). The number of nitrogens with zero attached hydrogens (tertiary/aromatic N) is 3. The second-order valence-corrected chi connectivity index (χ2v) is 7.32. The maximum atomic E-state index is 12.3. The fourth-order valence-corrected chi connectivity index (χ4v) is 3.21. The van der Waals surface area contributed by atoms with Gasteiger partial charge in [-0.15, -0.1) is 0 Å². The summed E-state index contributed by atoms with van der Waals surface area (Å²) in [6.45, 7) is 6.10. The second kappa shape index (κ2) is 6.22. The van der Waals surface area contributed by atoms with E-state index in [-0.39, 0.29) is 0 Å². The Labute approximate surface area is 146 Å². The van der Waals surface area contributed by atoms with Gasteiger partial charge in [-0.25, -0.2) is 4.98 Å². The summed E-state index contributed by atoms with van der Waals surface area (Å²) < 4.78 is 2.86. The van der Waals surface area contributed by atoms with Gasteiger partial charge in [-0.1, -0.05) is 24.9 Å². The van der Waals surface area contributed by atoms with Gasteiger partial charge in [0.25, 0.3) is 0 Å². The first-order valence-electron chi connectivity index (χ1n) is 8.23. The van der Waals surface area contributed by atoms with E-state index in [0.717, 1.165) is 40.7 Å². The van der Waals surface area contributed by atoms with E-state index in [0.29, 0.717) is 22.6 Å². The lowest BCUT2D eigenvalue weighted by molar-refractivity contribution is -0.575. The number of unbranched alkanes of at least 4 members (excludes halogenated alkanes) is 1. The Morgan fingerprint density at radius 3 is 2.79 bits per heavy atom. The third-order valence-electron chi connectivity index (χ3n) is 4.06. The lowest BCUT2D eigenvalue weighted by atomic mass is 10.1. The predicted octanol–water partition coefficient (Wildman–Crippen LogP) is 3.59. The summed E-state index contributed by atoms with van der Waals surface area (Å²) in [5.74, 6) is 0.899. The standard InChI is InChI=1S/C18H22ClN3O2/c1-4-5-6-16-20-14-10-22(24)15-9-12(19)7-8-13(15)17(14)21(16)11-18(2,3)23/h7-10,23H,4-6,11H2,1-3H3. The normalized spacial score (nSPS) is 12.4. The topological polar surface area (TPSA) is 65.0 Å². The maximum Gasteiger partial charge on any atom is 0.227 e. The monoisotopic (exact) mass is 347 g/mol. The Morgan fingerprint density at radius 1 is 1.38 bits per heavy atom. The molecule has 0 saturated heterocycles. The van der Waals surface area contributed by atoms with Crippen LogP contribution in [-0.4, -0.2) is 20.3 Å². The van der Waals surface area contributed by atoms with Crippen LogP contribution >= 0.6 is 11.6 Å². The maximum absolute atomic E-state index is 12.3. The lowest BCUT2D eigenvalue weighted by Crippen LogP contribution is -2.28. The highest BCUT2D eigenvalue weighted by atomic mass is 35.5. The Hall–Kier alpha value is -1.85. The molecule has 0 aliphatic rings.